The Balaban J connectivity index is 1.86. The topological polar surface area (TPSA) is 34.9 Å². The second-order valence-electron chi connectivity index (χ2n) is 6.02. The molecule has 0 N–H and O–H groups in total. The predicted molar refractivity (Wildman–Crippen MR) is 112 cm³/mol. The van der Waals surface area contributed by atoms with Crippen LogP contribution in [-0.2, 0) is 6.54 Å². The summed E-state index contributed by atoms with van der Waals surface area (Å²) < 4.78 is 2.66. The van der Waals surface area contributed by atoms with Crippen LogP contribution >= 0.6 is 38.9 Å². The van der Waals surface area contributed by atoms with E-state index in [4.69, 9.17) is 11.6 Å². The van der Waals surface area contributed by atoms with E-state index in [1.165, 1.54) is 0 Å². The van der Waals surface area contributed by atoms with Crippen LogP contribution in [0, 0.1) is 6.92 Å². The minimum atomic E-state index is -0.0211. The Bertz CT molecular complexity index is 1150. The van der Waals surface area contributed by atoms with E-state index in [-0.39, 0.29) is 5.56 Å². The quantitative estimate of drug-likeness (QED) is 0.393. The number of halogens is 2. The molecule has 6 heteroatoms. The van der Waals surface area contributed by atoms with Crippen LogP contribution in [0.5, 0.6) is 0 Å². The third-order valence-corrected chi connectivity index (χ3v) is 6.05. The van der Waals surface area contributed by atoms with Crippen LogP contribution < -0.4 is 5.56 Å². The molecule has 2 aromatic heterocycles. The van der Waals surface area contributed by atoms with Gasteiger partial charge in [-0.2, -0.15) is 0 Å². The highest BCUT2D eigenvalue weighted by molar-refractivity contribution is 9.10. The van der Waals surface area contributed by atoms with Crippen LogP contribution in [0.3, 0.4) is 0 Å². The highest BCUT2D eigenvalue weighted by Gasteiger charge is 2.17. The summed E-state index contributed by atoms with van der Waals surface area (Å²) >= 11 is 11.0. The lowest BCUT2D eigenvalue weighted by molar-refractivity contribution is 0.749. The van der Waals surface area contributed by atoms with Crippen LogP contribution in [0.15, 0.2) is 64.1 Å². The fourth-order valence-electron chi connectivity index (χ4n) is 3.00. The Morgan fingerprint density at radius 2 is 1.81 bits per heavy atom. The van der Waals surface area contributed by atoms with Crippen LogP contribution in [0.1, 0.15) is 10.4 Å². The number of rotatable bonds is 3. The molecule has 4 aromatic rings. The van der Waals surface area contributed by atoms with Crippen molar-refractivity contribution in [3.8, 4) is 11.1 Å². The Labute approximate surface area is 168 Å². The molecule has 130 valence electrons. The number of aromatic nitrogens is 2. The summed E-state index contributed by atoms with van der Waals surface area (Å²) in [4.78, 5) is 19.6. The van der Waals surface area contributed by atoms with Crippen LogP contribution in [-0.4, -0.2) is 9.55 Å². The number of aryl methyl sites for hydroxylation is 1. The summed E-state index contributed by atoms with van der Waals surface area (Å²) in [6, 6.07) is 15.5. The molecular formula is C20H14BrClN2OS. The minimum Gasteiger partial charge on any atom is -0.294 e. The Kier molecular flexibility index (Phi) is 4.69. The van der Waals surface area contributed by atoms with Crippen molar-refractivity contribution in [3.05, 3.63) is 85.1 Å². The SMILES string of the molecule is Cc1sc2ncn(Cc3ccc(Cl)cc3)c(=O)c2c1-c1ccc(Br)cc1. The molecule has 3 nitrogen and oxygen atoms in total. The number of benzene rings is 2. The van der Waals surface area contributed by atoms with Gasteiger partial charge in [0.05, 0.1) is 18.3 Å². The molecule has 0 aliphatic heterocycles. The number of hydrogen-bond acceptors (Lipinski definition) is 3. The number of nitrogens with zero attached hydrogens (tertiary/aromatic N) is 2. The average molecular weight is 446 g/mol. The fourth-order valence-corrected chi connectivity index (χ4v) is 4.39. The van der Waals surface area contributed by atoms with Crippen molar-refractivity contribution in [3.63, 3.8) is 0 Å². The smallest absolute Gasteiger partial charge is 0.263 e. The van der Waals surface area contributed by atoms with E-state index in [1.807, 2.05) is 55.5 Å². The van der Waals surface area contributed by atoms with E-state index in [2.05, 4.69) is 20.9 Å². The van der Waals surface area contributed by atoms with Gasteiger partial charge in [0.25, 0.3) is 5.56 Å². The van der Waals surface area contributed by atoms with Crippen molar-refractivity contribution in [1.82, 2.24) is 9.55 Å². The molecule has 0 saturated heterocycles. The van der Waals surface area contributed by atoms with Gasteiger partial charge in [-0.1, -0.05) is 51.8 Å². The third kappa shape index (κ3) is 3.22. The van der Waals surface area contributed by atoms with Gasteiger partial charge in [0, 0.05) is 19.9 Å². The van der Waals surface area contributed by atoms with Gasteiger partial charge in [0.15, 0.2) is 0 Å². The summed E-state index contributed by atoms with van der Waals surface area (Å²) in [6.45, 7) is 2.50. The van der Waals surface area contributed by atoms with Gasteiger partial charge < -0.3 is 0 Å². The first-order valence-electron chi connectivity index (χ1n) is 8.02. The molecule has 0 atom stereocenters. The van der Waals surface area contributed by atoms with Crippen molar-refractivity contribution >= 4 is 49.1 Å². The zero-order chi connectivity index (χ0) is 18.3. The lowest BCUT2D eigenvalue weighted by Gasteiger charge is -2.07. The molecule has 4 rings (SSSR count). The second kappa shape index (κ2) is 6.99. The molecule has 0 saturated carbocycles. The van der Waals surface area contributed by atoms with Crippen molar-refractivity contribution in [2.75, 3.05) is 0 Å². The van der Waals surface area contributed by atoms with E-state index >= 15 is 0 Å². The normalized spacial score (nSPS) is 11.2. The molecule has 0 fully saturated rings. The van der Waals surface area contributed by atoms with E-state index in [1.54, 1.807) is 22.2 Å². The van der Waals surface area contributed by atoms with E-state index < -0.39 is 0 Å². The van der Waals surface area contributed by atoms with E-state index in [0.29, 0.717) is 17.0 Å². The third-order valence-electron chi connectivity index (χ3n) is 4.25. The zero-order valence-electron chi connectivity index (χ0n) is 13.9. The van der Waals surface area contributed by atoms with Gasteiger partial charge in [0.1, 0.15) is 4.83 Å². The van der Waals surface area contributed by atoms with Gasteiger partial charge in [0.2, 0.25) is 0 Å². The number of thiophene rings is 1. The Hall–Kier alpha value is -1.95. The Morgan fingerprint density at radius 1 is 1.12 bits per heavy atom. The maximum Gasteiger partial charge on any atom is 0.263 e. The molecule has 0 unspecified atom stereocenters. The average Bonchev–Trinajstić information content (AvgIpc) is 2.97. The molecule has 0 radical (unpaired) electrons. The highest BCUT2D eigenvalue weighted by atomic mass is 79.9. The summed E-state index contributed by atoms with van der Waals surface area (Å²) in [6.07, 6.45) is 1.63. The highest BCUT2D eigenvalue weighted by Crippen LogP contribution is 2.35. The van der Waals surface area contributed by atoms with Crippen molar-refractivity contribution < 1.29 is 0 Å². The lowest BCUT2D eigenvalue weighted by Crippen LogP contribution is -2.21. The number of fused-ring (bicyclic) bond motifs is 1. The van der Waals surface area contributed by atoms with E-state index in [0.717, 1.165) is 30.9 Å². The lowest BCUT2D eigenvalue weighted by atomic mass is 10.0. The second-order valence-corrected chi connectivity index (χ2v) is 8.58. The first kappa shape index (κ1) is 17.5. The van der Waals surface area contributed by atoms with Crippen LogP contribution in [0.4, 0.5) is 0 Å². The first-order chi connectivity index (χ1) is 12.5. The molecule has 0 amide bonds. The summed E-state index contributed by atoms with van der Waals surface area (Å²) in [5.74, 6) is 0. The summed E-state index contributed by atoms with van der Waals surface area (Å²) in [5.41, 5.74) is 2.99. The van der Waals surface area contributed by atoms with Gasteiger partial charge in [-0.15, -0.1) is 11.3 Å². The van der Waals surface area contributed by atoms with Crippen molar-refractivity contribution in [2.24, 2.45) is 0 Å². The zero-order valence-corrected chi connectivity index (χ0v) is 17.0. The monoisotopic (exact) mass is 444 g/mol. The van der Waals surface area contributed by atoms with Gasteiger partial charge in [-0.05, 0) is 42.3 Å². The van der Waals surface area contributed by atoms with Crippen LogP contribution in [0.2, 0.25) is 5.02 Å². The Morgan fingerprint density at radius 3 is 2.50 bits per heavy atom. The van der Waals surface area contributed by atoms with Crippen molar-refractivity contribution in [2.45, 2.75) is 13.5 Å². The predicted octanol–water partition coefficient (Wildman–Crippen LogP) is 5.90. The molecule has 0 aliphatic rings. The first-order valence-corrected chi connectivity index (χ1v) is 10.0. The van der Waals surface area contributed by atoms with Gasteiger partial charge in [-0.25, -0.2) is 4.98 Å². The maximum absolute atomic E-state index is 13.2. The largest absolute Gasteiger partial charge is 0.294 e. The summed E-state index contributed by atoms with van der Waals surface area (Å²) in [5, 5.41) is 1.37. The molecule has 26 heavy (non-hydrogen) atoms. The molecular weight excluding hydrogens is 432 g/mol. The molecule has 0 bridgehead atoms. The van der Waals surface area contributed by atoms with Gasteiger partial charge >= 0.3 is 0 Å². The minimum absolute atomic E-state index is 0.0211. The van der Waals surface area contributed by atoms with E-state index in [9.17, 15) is 4.79 Å². The number of hydrogen-bond donors (Lipinski definition) is 0. The molecule has 2 heterocycles. The van der Waals surface area contributed by atoms with Crippen molar-refractivity contribution in [1.29, 1.82) is 0 Å². The molecule has 0 spiro atoms. The molecule has 0 aliphatic carbocycles. The molecule has 2 aromatic carbocycles. The van der Waals surface area contributed by atoms with Crippen LogP contribution in [0.25, 0.3) is 21.3 Å². The fraction of sp³-hybridized carbons (Fsp3) is 0.100. The van der Waals surface area contributed by atoms with Gasteiger partial charge in [-0.3, -0.25) is 9.36 Å². The maximum atomic E-state index is 13.2. The summed E-state index contributed by atoms with van der Waals surface area (Å²) in [7, 11) is 0. The standard InChI is InChI=1S/C20H14BrClN2OS/c1-12-17(14-4-6-15(21)7-5-14)18-19(26-12)23-11-24(20(18)25)10-13-2-8-16(22)9-3-13/h2-9,11H,10H2,1H3.